The number of nitriles is 1. The van der Waals surface area contributed by atoms with Crippen molar-refractivity contribution in [3.8, 4) is 27.9 Å². The van der Waals surface area contributed by atoms with Crippen LogP contribution in [0.1, 0.15) is 21.6 Å². The number of hydrogen-bond donors (Lipinski definition) is 2. The molecular weight excluding hydrogens is 344 g/mol. The summed E-state index contributed by atoms with van der Waals surface area (Å²) in [6.45, 7) is 0.668. The fourth-order valence-electron chi connectivity index (χ4n) is 3.14. The fraction of sp³-hybridized carbons (Fsp3) is 0.150. The lowest BCUT2D eigenvalue weighted by molar-refractivity contribution is 0.0946. The number of hydrogen-bond acceptors (Lipinski definition) is 4. The number of carbonyl (C=O) groups excluding carboxylic acids is 1. The molecule has 1 amide bonds. The van der Waals surface area contributed by atoms with E-state index in [0.29, 0.717) is 12.3 Å². The summed E-state index contributed by atoms with van der Waals surface area (Å²) in [5.41, 5.74) is 6.59. The summed E-state index contributed by atoms with van der Waals surface area (Å²) >= 11 is 1.22. The summed E-state index contributed by atoms with van der Waals surface area (Å²) in [7, 11) is 0. The number of aromatic amines is 1. The first-order valence-corrected chi connectivity index (χ1v) is 9.30. The molecule has 0 unspecified atom stereocenters. The van der Waals surface area contributed by atoms with Gasteiger partial charge >= 0.3 is 0 Å². The van der Waals surface area contributed by atoms with E-state index in [4.69, 9.17) is 5.26 Å². The van der Waals surface area contributed by atoms with Crippen LogP contribution in [0.4, 0.5) is 0 Å². The Balaban J connectivity index is 1.68. The summed E-state index contributed by atoms with van der Waals surface area (Å²) in [6.07, 6.45) is 2.60. The van der Waals surface area contributed by atoms with Crippen molar-refractivity contribution in [3.05, 3.63) is 65.5 Å². The lowest BCUT2D eigenvalue weighted by Crippen LogP contribution is -2.31. The molecule has 3 aromatic rings. The maximum atomic E-state index is 12.0. The number of carbonyl (C=O) groups is 1. The molecule has 0 saturated heterocycles. The number of nitrogens with zero attached hydrogens (tertiary/aromatic N) is 2. The Bertz CT molecular complexity index is 1020. The lowest BCUT2D eigenvalue weighted by atomic mass is 10.0. The van der Waals surface area contributed by atoms with E-state index >= 15 is 0 Å². The van der Waals surface area contributed by atoms with Crippen LogP contribution in [-0.2, 0) is 12.2 Å². The van der Waals surface area contributed by atoms with Crippen molar-refractivity contribution >= 4 is 17.7 Å². The van der Waals surface area contributed by atoms with Crippen LogP contribution in [-0.4, -0.2) is 22.4 Å². The van der Waals surface area contributed by atoms with Crippen LogP contribution in [0.3, 0.4) is 0 Å². The zero-order valence-electron chi connectivity index (χ0n) is 14.0. The van der Waals surface area contributed by atoms with Gasteiger partial charge < -0.3 is 10.3 Å². The molecule has 0 radical (unpaired) electrons. The monoisotopic (exact) mass is 360 g/mol. The molecule has 128 valence electrons. The van der Waals surface area contributed by atoms with Gasteiger partial charge in [0.05, 0.1) is 11.3 Å². The van der Waals surface area contributed by atoms with E-state index in [1.165, 1.54) is 11.8 Å². The molecule has 1 aromatic carbocycles. The normalized spacial score (nSPS) is 13.0. The molecule has 6 heteroatoms. The van der Waals surface area contributed by atoms with Crippen molar-refractivity contribution in [2.45, 2.75) is 12.2 Å². The minimum absolute atomic E-state index is 0.0225. The van der Waals surface area contributed by atoms with Crippen LogP contribution < -0.4 is 5.32 Å². The van der Waals surface area contributed by atoms with Gasteiger partial charge in [0.25, 0.3) is 5.91 Å². The Labute approximate surface area is 155 Å². The SMILES string of the molecule is N#CSCc1cccc(-c2cc(-c3cc4c([nH]3)CCNC4=O)ccn2)c1. The largest absolute Gasteiger partial charge is 0.358 e. The smallest absolute Gasteiger partial charge is 0.253 e. The van der Waals surface area contributed by atoms with Crippen LogP contribution >= 0.6 is 11.8 Å². The van der Waals surface area contributed by atoms with Crippen molar-refractivity contribution in [3.63, 3.8) is 0 Å². The standard InChI is InChI=1S/C20H16N4OS/c21-12-26-11-13-2-1-3-14(8-13)18-9-15(4-6-22-18)19-10-16-17(24-19)5-7-23-20(16)25/h1-4,6,8-10,24H,5,7,11H2,(H,23,25). The Morgan fingerprint density at radius 1 is 1.19 bits per heavy atom. The second-order valence-electron chi connectivity index (χ2n) is 6.09. The van der Waals surface area contributed by atoms with Crippen LogP contribution in [0.25, 0.3) is 22.5 Å². The van der Waals surface area contributed by atoms with E-state index in [0.717, 1.165) is 45.8 Å². The number of thioether (sulfide) groups is 1. The number of thiocyanates is 1. The molecule has 2 N–H and O–H groups in total. The predicted molar refractivity (Wildman–Crippen MR) is 102 cm³/mol. The number of benzene rings is 1. The van der Waals surface area contributed by atoms with Gasteiger partial charge in [-0.25, -0.2) is 0 Å². The van der Waals surface area contributed by atoms with Crippen molar-refractivity contribution in [2.24, 2.45) is 0 Å². The summed E-state index contributed by atoms with van der Waals surface area (Å²) in [5, 5.41) is 13.7. The third kappa shape index (κ3) is 3.22. The second-order valence-corrected chi connectivity index (χ2v) is 6.85. The van der Waals surface area contributed by atoms with E-state index in [1.807, 2.05) is 36.4 Å². The Hall–Kier alpha value is -3.04. The molecule has 0 aliphatic carbocycles. The van der Waals surface area contributed by atoms with Gasteiger partial charge in [-0.1, -0.05) is 18.2 Å². The maximum Gasteiger partial charge on any atom is 0.253 e. The molecule has 1 aliphatic heterocycles. The number of aromatic nitrogens is 2. The number of pyridine rings is 1. The molecule has 0 fully saturated rings. The second kappa shape index (κ2) is 7.06. The van der Waals surface area contributed by atoms with E-state index in [1.54, 1.807) is 6.20 Å². The first-order chi connectivity index (χ1) is 12.7. The summed E-state index contributed by atoms with van der Waals surface area (Å²) in [5.74, 6) is 0.633. The van der Waals surface area contributed by atoms with Crippen molar-refractivity contribution in [2.75, 3.05) is 6.54 Å². The Morgan fingerprint density at radius 2 is 2.12 bits per heavy atom. The summed E-state index contributed by atoms with van der Waals surface area (Å²) < 4.78 is 0. The number of rotatable bonds is 4. The lowest BCUT2D eigenvalue weighted by Gasteiger charge is -2.11. The van der Waals surface area contributed by atoms with Crippen LogP contribution in [0, 0.1) is 10.7 Å². The minimum atomic E-state index is -0.0225. The van der Waals surface area contributed by atoms with Gasteiger partial charge in [-0.3, -0.25) is 9.78 Å². The Morgan fingerprint density at radius 3 is 2.96 bits per heavy atom. The average molecular weight is 360 g/mol. The highest BCUT2D eigenvalue weighted by Gasteiger charge is 2.20. The van der Waals surface area contributed by atoms with Gasteiger partial charge in [0.1, 0.15) is 5.40 Å². The number of amides is 1. The van der Waals surface area contributed by atoms with Gasteiger partial charge in [0.15, 0.2) is 0 Å². The third-order valence-electron chi connectivity index (χ3n) is 4.40. The molecule has 26 heavy (non-hydrogen) atoms. The van der Waals surface area contributed by atoms with Gasteiger partial charge in [0.2, 0.25) is 0 Å². The number of fused-ring (bicyclic) bond motifs is 1. The van der Waals surface area contributed by atoms with Crippen molar-refractivity contribution in [1.82, 2.24) is 15.3 Å². The molecule has 0 atom stereocenters. The third-order valence-corrected chi connectivity index (χ3v) is 5.01. The molecule has 5 nitrogen and oxygen atoms in total. The van der Waals surface area contributed by atoms with Gasteiger partial charge in [-0.05, 0) is 41.6 Å². The quantitative estimate of drug-likeness (QED) is 0.695. The highest BCUT2D eigenvalue weighted by atomic mass is 32.2. The first-order valence-electron chi connectivity index (χ1n) is 8.31. The summed E-state index contributed by atoms with van der Waals surface area (Å²) in [6, 6.07) is 13.9. The topological polar surface area (TPSA) is 81.6 Å². The summed E-state index contributed by atoms with van der Waals surface area (Å²) in [4.78, 5) is 19.8. The maximum absolute atomic E-state index is 12.0. The van der Waals surface area contributed by atoms with Crippen molar-refractivity contribution < 1.29 is 4.79 Å². The molecule has 0 bridgehead atoms. The Kier molecular flexibility index (Phi) is 4.46. The van der Waals surface area contributed by atoms with Gasteiger partial charge in [0, 0.05) is 47.4 Å². The molecule has 0 spiro atoms. The predicted octanol–water partition coefficient (Wildman–Crippen LogP) is 3.74. The molecular formula is C20H16N4OS. The number of nitrogens with one attached hydrogen (secondary N) is 2. The molecule has 1 aliphatic rings. The van der Waals surface area contributed by atoms with E-state index in [9.17, 15) is 4.79 Å². The van der Waals surface area contributed by atoms with Crippen LogP contribution in [0.5, 0.6) is 0 Å². The molecule has 2 aromatic heterocycles. The van der Waals surface area contributed by atoms with Crippen LogP contribution in [0.2, 0.25) is 0 Å². The number of H-pyrrole nitrogens is 1. The van der Waals surface area contributed by atoms with E-state index in [-0.39, 0.29) is 5.91 Å². The molecule has 0 saturated carbocycles. The first kappa shape index (κ1) is 16.4. The van der Waals surface area contributed by atoms with E-state index < -0.39 is 0 Å². The molecule has 3 heterocycles. The zero-order chi connectivity index (χ0) is 17.9. The van der Waals surface area contributed by atoms with Gasteiger partial charge in [-0.2, -0.15) is 5.26 Å². The van der Waals surface area contributed by atoms with Crippen LogP contribution in [0.15, 0.2) is 48.7 Å². The highest BCUT2D eigenvalue weighted by Crippen LogP contribution is 2.27. The minimum Gasteiger partial charge on any atom is -0.358 e. The highest BCUT2D eigenvalue weighted by molar-refractivity contribution is 8.02. The van der Waals surface area contributed by atoms with Crippen molar-refractivity contribution in [1.29, 1.82) is 5.26 Å². The molecule has 4 rings (SSSR count). The fourth-order valence-corrected chi connectivity index (χ4v) is 3.55. The van der Waals surface area contributed by atoms with Gasteiger partial charge in [-0.15, -0.1) is 0 Å². The average Bonchev–Trinajstić information content (AvgIpc) is 3.13. The zero-order valence-corrected chi connectivity index (χ0v) is 14.8. The van der Waals surface area contributed by atoms with E-state index in [2.05, 4.69) is 26.8 Å².